The standard InChI is InChI=1S/C12H23N3O2.C2H6/c1-2-3-4-11(16)14-7-9-15(10-8-14)12(17)5-6-13;1-2/h2-10,13H2,1H3;1-2H3. The third kappa shape index (κ3) is 6.57. The highest BCUT2D eigenvalue weighted by Crippen LogP contribution is 2.07. The molecule has 1 aliphatic heterocycles. The second kappa shape index (κ2) is 10.8. The minimum atomic E-state index is 0.105. The molecule has 112 valence electrons. The number of carbonyl (C=O) groups is 2. The largest absolute Gasteiger partial charge is 0.339 e. The number of hydrogen-bond acceptors (Lipinski definition) is 3. The summed E-state index contributed by atoms with van der Waals surface area (Å²) in [7, 11) is 0. The molecule has 1 saturated heterocycles. The van der Waals surface area contributed by atoms with Crippen LogP contribution >= 0.6 is 0 Å². The first-order chi connectivity index (χ1) is 9.19. The molecule has 0 aromatic carbocycles. The van der Waals surface area contributed by atoms with Crippen LogP contribution in [0.4, 0.5) is 0 Å². The van der Waals surface area contributed by atoms with Gasteiger partial charge in [-0.1, -0.05) is 27.2 Å². The molecule has 0 aromatic rings. The normalized spacial score (nSPS) is 14.7. The van der Waals surface area contributed by atoms with E-state index in [9.17, 15) is 9.59 Å². The molecule has 0 unspecified atom stereocenters. The van der Waals surface area contributed by atoms with Crippen molar-refractivity contribution in [1.82, 2.24) is 9.80 Å². The molecule has 0 atom stereocenters. The fourth-order valence-corrected chi connectivity index (χ4v) is 1.97. The predicted octanol–water partition coefficient (Wildman–Crippen LogP) is 1.22. The quantitative estimate of drug-likeness (QED) is 0.817. The summed E-state index contributed by atoms with van der Waals surface area (Å²) in [5, 5.41) is 0. The molecular formula is C14H29N3O2. The van der Waals surface area contributed by atoms with Gasteiger partial charge in [-0.15, -0.1) is 0 Å². The molecule has 0 saturated carbocycles. The van der Waals surface area contributed by atoms with E-state index in [2.05, 4.69) is 6.92 Å². The molecule has 2 N–H and O–H groups in total. The summed E-state index contributed by atoms with van der Waals surface area (Å²) in [4.78, 5) is 27.0. The van der Waals surface area contributed by atoms with Crippen molar-refractivity contribution in [1.29, 1.82) is 0 Å². The Morgan fingerprint density at radius 2 is 1.37 bits per heavy atom. The van der Waals surface area contributed by atoms with Crippen molar-refractivity contribution in [2.75, 3.05) is 32.7 Å². The minimum Gasteiger partial charge on any atom is -0.339 e. The average molecular weight is 271 g/mol. The third-order valence-electron chi connectivity index (χ3n) is 3.09. The van der Waals surface area contributed by atoms with E-state index in [-0.39, 0.29) is 11.8 Å². The lowest BCUT2D eigenvalue weighted by Crippen LogP contribution is -2.50. The average Bonchev–Trinajstić information content (AvgIpc) is 2.47. The van der Waals surface area contributed by atoms with Crippen LogP contribution in [0.25, 0.3) is 0 Å². The zero-order chi connectivity index (χ0) is 14.7. The zero-order valence-electron chi connectivity index (χ0n) is 12.7. The van der Waals surface area contributed by atoms with E-state index < -0.39 is 0 Å². The Kier molecular flexibility index (Phi) is 10.2. The van der Waals surface area contributed by atoms with E-state index >= 15 is 0 Å². The van der Waals surface area contributed by atoms with Gasteiger partial charge in [0.15, 0.2) is 0 Å². The van der Waals surface area contributed by atoms with Gasteiger partial charge in [-0.3, -0.25) is 9.59 Å². The maximum absolute atomic E-state index is 11.8. The van der Waals surface area contributed by atoms with Crippen molar-refractivity contribution in [3.8, 4) is 0 Å². The lowest BCUT2D eigenvalue weighted by molar-refractivity contribution is -0.139. The van der Waals surface area contributed by atoms with Gasteiger partial charge in [0, 0.05) is 45.6 Å². The summed E-state index contributed by atoms with van der Waals surface area (Å²) >= 11 is 0. The van der Waals surface area contributed by atoms with Gasteiger partial charge in [-0.05, 0) is 6.42 Å². The van der Waals surface area contributed by atoms with E-state index in [1.165, 1.54) is 0 Å². The molecule has 0 radical (unpaired) electrons. The van der Waals surface area contributed by atoms with Gasteiger partial charge < -0.3 is 15.5 Å². The molecule has 1 heterocycles. The summed E-state index contributed by atoms with van der Waals surface area (Å²) < 4.78 is 0. The Labute approximate surface area is 117 Å². The van der Waals surface area contributed by atoms with Crippen molar-refractivity contribution in [2.45, 2.75) is 46.5 Å². The summed E-state index contributed by atoms with van der Waals surface area (Å²) in [5.41, 5.74) is 5.35. The van der Waals surface area contributed by atoms with Crippen LogP contribution in [0.3, 0.4) is 0 Å². The number of carbonyl (C=O) groups excluding carboxylic acids is 2. The fraction of sp³-hybridized carbons (Fsp3) is 0.857. The highest BCUT2D eigenvalue weighted by Gasteiger charge is 2.22. The lowest BCUT2D eigenvalue weighted by Gasteiger charge is -2.34. The zero-order valence-corrected chi connectivity index (χ0v) is 12.7. The van der Waals surface area contributed by atoms with Gasteiger partial charge in [0.1, 0.15) is 0 Å². The minimum absolute atomic E-state index is 0.105. The Morgan fingerprint density at radius 3 is 1.74 bits per heavy atom. The van der Waals surface area contributed by atoms with E-state index in [1.54, 1.807) is 4.90 Å². The number of hydrogen-bond donors (Lipinski definition) is 1. The molecule has 1 aliphatic rings. The smallest absolute Gasteiger partial charge is 0.223 e. The number of nitrogens with zero attached hydrogens (tertiary/aromatic N) is 2. The van der Waals surface area contributed by atoms with E-state index in [1.807, 2.05) is 18.7 Å². The molecule has 5 nitrogen and oxygen atoms in total. The topological polar surface area (TPSA) is 66.6 Å². The van der Waals surface area contributed by atoms with E-state index in [0.29, 0.717) is 45.6 Å². The highest BCUT2D eigenvalue weighted by atomic mass is 16.2. The molecule has 1 rings (SSSR count). The van der Waals surface area contributed by atoms with Gasteiger partial charge in [0.05, 0.1) is 0 Å². The Hall–Kier alpha value is -1.10. The number of rotatable bonds is 5. The Morgan fingerprint density at radius 1 is 0.947 bits per heavy atom. The molecule has 5 heteroatoms. The van der Waals surface area contributed by atoms with Gasteiger partial charge in [-0.2, -0.15) is 0 Å². The first-order valence-corrected chi connectivity index (χ1v) is 7.44. The van der Waals surface area contributed by atoms with Gasteiger partial charge in [0.2, 0.25) is 11.8 Å². The van der Waals surface area contributed by atoms with Crippen molar-refractivity contribution >= 4 is 11.8 Å². The molecule has 19 heavy (non-hydrogen) atoms. The van der Waals surface area contributed by atoms with Crippen molar-refractivity contribution in [3.05, 3.63) is 0 Å². The predicted molar refractivity (Wildman–Crippen MR) is 77.7 cm³/mol. The molecule has 0 aliphatic carbocycles. The number of unbranched alkanes of at least 4 members (excludes halogenated alkanes) is 1. The van der Waals surface area contributed by atoms with Crippen LogP contribution in [0.5, 0.6) is 0 Å². The van der Waals surface area contributed by atoms with Gasteiger partial charge >= 0.3 is 0 Å². The van der Waals surface area contributed by atoms with Gasteiger partial charge in [0.25, 0.3) is 0 Å². The molecule has 2 amide bonds. The van der Waals surface area contributed by atoms with E-state index in [4.69, 9.17) is 5.73 Å². The van der Waals surface area contributed by atoms with Gasteiger partial charge in [-0.25, -0.2) is 0 Å². The van der Waals surface area contributed by atoms with Crippen LogP contribution in [-0.2, 0) is 9.59 Å². The van der Waals surface area contributed by atoms with Crippen LogP contribution in [0, 0.1) is 0 Å². The summed E-state index contributed by atoms with van der Waals surface area (Å²) in [6, 6.07) is 0. The molecule has 0 bridgehead atoms. The second-order valence-corrected chi connectivity index (χ2v) is 4.40. The number of piperazine rings is 1. The van der Waals surface area contributed by atoms with Crippen molar-refractivity contribution in [3.63, 3.8) is 0 Å². The molecule has 0 spiro atoms. The highest BCUT2D eigenvalue weighted by molar-refractivity contribution is 5.78. The monoisotopic (exact) mass is 271 g/mol. The van der Waals surface area contributed by atoms with Crippen LogP contribution in [0.2, 0.25) is 0 Å². The maximum Gasteiger partial charge on any atom is 0.223 e. The van der Waals surface area contributed by atoms with E-state index in [0.717, 1.165) is 12.8 Å². The van der Waals surface area contributed by atoms with Crippen molar-refractivity contribution < 1.29 is 9.59 Å². The van der Waals surface area contributed by atoms with Crippen LogP contribution in [-0.4, -0.2) is 54.3 Å². The molecule has 1 fully saturated rings. The second-order valence-electron chi connectivity index (χ2n) is 4.40. The number of amides is 2. The first kappa shape index (κ1) is 17.9. The van der Waals surface area contributed by atoms with Crippen LogP contribution in [0.15, 0.2) is 0 Å². The van der Waals surface area contributed by atoms with Crippen LogP contribution < -0.4 is 5.73 Å². The van der Waals surface area contributed by atoms with Crippen LogP contribution in [0.1, 0.15) is 46.5 Å². The molecular weight excluding hydrogens is 242 g/mol. The first-order valence-electron chi connectivity index (χ1n) is 7.44. The number of nitrogens with two attached hydrogens (primary N) is 1. The van der Waals surface area contributed by atoms with Crippen molar-refractivity contribution in [2.24, 2.45) is 5.73 Å². The third-order valence-corrected chi connectivity index (χ3v) is 3.09. The summed E-state index contributed by atoms with van der Waals surface area (Å²) in [6.45, 7) is 9.11. The summed E-state index contributed by atoms with van der Waals surface area (Å²) in [5.74, 6) is 0.325. The fourth-order valence-electron chi connectivity index (χ4n) is 1.97. The Balaban J connectivity index is 0.00000154. The molecule has 0 aromatic heterocycles. The maximum atomic E-state index is 11.8. The summed E-state index contributed by atoms with van der Waals surface area (Å²) in [6.07, 6.45) is 3.03. The SMILES string of the molecule is CC.CCCCC(=O)N1CCN(C(=O)CCN)CC1. The lowest BCUT2D eigenvalue weighted by atomic mass is 10.2. The Bertz CT molecular complexity index is 261.